The number of phenols is 1. The van der Waals surface area contributed by atoms with Crippen LogP contribution >= 0.6 is 11.8 Å². The second-order valence-electron chi connectivity index (χ2n) is 5.93. The molecule has 0 aliphatic carbocycles. The highest BCUT2D eigenvalue weighted by Gasteiger charge is 2.34. The van der Waals surface area contributed by atoms with Gasteiger partial charge in [-0.15, -0.1) is 0 Å². The molecule has 0 radical (unpaired) electrons. The summed E-state index contributed by atoms with van der Waals surface area (Å²) in [6.07, 6.45) is 1.57. The molecular formula is C20H19NO5S. The number of amides is 2. The third-order valence-corrected chi connectivity index (χ3v) is 4.85. The van der Waals surface area contributed by atoms with Crippen molar-refractivity contribution in [2.75, 3.05) is 20.3 Å². The zero-order valence-electron chi connectivity index (χ0n) is 15.0. The molecule has 1 aliphatic rings. The van der Waals surface area contributed by atoms with Gasteiger partial charge >= 0.3 is 0 Å². The second kappa shape index (κ2) is 8.18. The Bertz CT molecular complexity index is 909. The van der Waals surface area contributed by atoms with E-state index in [4.69, 9.17) is 9.47 Å². The number of benzene rings is 2. The highest BCUT2D eigenvalue weighted by Crippen LogP contribution is 2.34. The third-order valence-electron chi connectivity index (χ3n) is 3.95. The van der Waals surface area contributed by atoms with Crippen molar-refractivity contribution in [2.45, 2.75) is 6.92 Å². The van der Waals surface area contributed by atoms with Gasteiger partial charge in [-0.1, -0.05) is 18.2 Å². The molecule has 3 rings (SSSR count). The van der Waals surface area contributed by atoms with E-state index in [-0.39, 0.29) is 30.0 Å². The van der Waals surface area contributed by atoms with E-state index in [1.165, 1.54) is 13.2 Å². The van der Waals surface area contributed by atoms with Crippen molar-refractivity contribution in [1.82, 2.24) is 4.90 Å². The van der Waals surface area contributed by atoms with Crippen LogP contribution in [-0.4, -0.2) is 41.4 Å². The van der Waals surface area contributed by atoms with Gasteiger partial charge < -0.3 is 14.6 Å². The first kappa shape index (κ1) is 18.8. The van der Waals surface area contributed by atoms with Crippen molar-refractivity contribution in [1.29, 1.82) is 0 Å². The summed E-state index contributed by atoms with van der Waals surface area (Å²) in [4.78, 5) is 26.1. The zero-order valence-corrected chi connectivity index (χ0v) is 15.8. The normalized spacial score (nSPS) is 15.5. The number of hydrogen-bond acceptors (Lipinski definition) is 6. The number of hydrogen-bond donors (Lipinski definition) is 1. The molecule has 0 saturated carbocycles. The molecule has 0 atom stereocenters. The van der Waals surface area contributed by atoms with E-state index in [1.54, 1.807) is 18.2 Å². The van der Waals surface area contributed by atoms with Gasteiger partial charge in [0.2, 0.25) is 0 Å². The average molecular weight is 385 g/mol. The maximum absolute atomic E-state index is 12.5. The number of nitrogens with zero attached hydrogens (tertiary/aromatic N) is 1. The summed E-state index contributed by atoms with van der Waals surface area (Å²) in [7, 11) is 1.46. The molecule has 1 heterocycles. The maximum Gasteiger partial charge on any atom is 0.293 e. The van der Waals surface area contributed by atoms with Crippen LogP contribution in [0.25, 0.3) is 6.08 Å². The van der Waals surface area contributed by atoms with E-state index in [0.29, 0.717) is 22.0 Å². The topological polar surface area (TPSA) is 76.1 Å². The number of aryl methyl sites for hydroxylation is 1. The molecule has 1 N–H and O–H groups in total. The molecule has 0 unspecified atom stereocenters. The molecule has 0 spiro atoms. The number of imide groups is 1. The summed E-state index contributed by atoms with van der Waals surface area (Å²) in [5.41, 5.74) is 1.68. The molecule has 2 aromatic carbocycles. The summed E-state index contributed by atoms with van der Waals surface area (Å²) < 4.78 is 10.6. The Kier molecular flexibility index (Phi) is 5.71. The van der Waals surface area contributed by atoms with Crippen LogP contribution < -0.4 is 9.47 Å². The highest BCUT2D eigenvalue weighted by atomic mass is 32.2. The van der Waals surface area contributed by atoms with Crippen LogP contribution in [0.3, 0.4) is 0 Å². The minimum Gasteiger partial charge on any atom is -0.504 e. The van der Waals surface area contributed by atoms with Gasteiger partial charge in [0.1, 0.15) is 12.4 Å². The molecule has 27 heavy (non-hydrogen) atoms. The minimum atomic E-state index is -0.367. The number of carbonyl (C=O) groups excluding carboxylic acids is 2. The fourth-order valence-corrected chi connectivity index (χ4v) is 3.47. The van der Waals surface area contributed by atoms with Crippen LogP contribution in [0, 0.1) is 6.92 Å². The molecule has 1 saturated heterocycles. The van der Waals surface area contributed by atoms with Gasteiger partial charge in [0.05, 0.1) is 18.6 Å². The predicted octanol–water partition coefficient (Wildman–Crippen LogP) is 3.82. The number of methoxy groups -OCH3 is 1. The van der Waals surface area contributed by atoms with Crippen LogP contribution in [0.15, 0.2) is 47.4 Å². The summed E-state index contributed by atoms with van der Waals surface area (Å²) >= 11 is 0.871. The SMILES string of the molecule is COc1ccc(/C=C2\SC(=O)N(CCOc3cccc(C)c3)C2=O)cc1O. The quantitative estimate of drug-likeness (QED) is 0.762. The van der Waals surface area contributed by atoms with E-state index >= 15 is 0 Å². The van der Waals surface area contributed by atoms with Crippen molar-refractivity contribution in [2.24, 2.45) is 0 Å². The molecular weight excluding hydrogens is 366 g/mol. The van der Waals surface area contributed by atoms with Gasteiger partial charge in [-0.25, -0.2) is 0 Å². The number of ether oxygens (including phenoxy) is 2. The number of carbonyl (C=O) groups is 2. The molecule has 2 amide bonds. The lowest BCUT2D eigenvalue weighted by Crippen LogP contribution is -2.32. The van der Waals surface area contributed by atoms with Crippen molar-refractivity contribution in [3.05, 3.63) is 58.5 Å². The van der Waals surface area contributed by atoms with E-state index in [0.717, 1.165) is 22.2 Å². The van der Waals surface area contributed by atoms with Crippen LogP contribution in [0.5, 0.6) is 17.2 Å². The maximum atomic E-state index is 12.5. The van der Waals surface area contributed by atoms with Crippen LogP contribution in [0.4, 0.5) is 4.79 Å². The Labute approximate surface area is 161 Å². The standard InChI is InChI=1S/C20H19NO5S/c1-13-4-3-5-15(10-13)26-9-8-21-19(23)18(27-20(21)24)12-14-6-7-17(25-2)16(22)11-14/h3-7,10-12,22H,8-9H2,1-2H3/b18-12-. The number of aromatic hydroxyl groups is 1. The molecule has 7 heteroatoms. The van der Waals surface area contributed by atoms with Crippen molar-refractivity contribution < 1.29 is 24.2 Å². The average Bonchev–Trinajstić information content (AvgIpc) is 2.89. The second-order valence-corrected chi connectivity index (χ2v) is 6.92. The lowest BCUT2D eigenvalue weighted by molar-refractivity contribution is -0.123. The van der Waals surface area contributed by atoms with E-state index in [9.17, 15) is 14.7 Å². The Morgan fingerprint density at radius 2 is 2.00 bits per heavy atom. The van der Waals surface area contributed by atoms with E-state index < -0.39 is 0 Å². The molecule has 2 aromatic rings. The molecule has 1 aliphatic heterocycles. The summed E-state index contributed by atoms with van der Waals surface area (Å²) in [5.74, 6) is 0.643. The monoisotopic (exact) mass is 385 g/mol. The van der Waals surface area contributed by atoms with E-state index in [2.05, 4.69) is 0 Å². The van der Waals surface area contributed by atoms with Gasteiger partial charge in [0, 0.05) is 0 Å². The van der Waals surface area contributed by atoms with Crippen LogP contribution in [0.1, 0.15) is 11.1 Å². The Morgan fingerprint density at radius 1 is 1.19 bits per heavy atom. The Morgan fingerprint density at radius 3 is 2.70 bits per heavy atom. The molecule has 0 bridgehead atoms. The Balaban J connectivity index is 1.65. The van der Waals surface area contributed by atoms with Gasteiger partial charge in [-0.2, -0.15) is 0 Å². The van der Waals surface area contributed by atoms with Crippen molar-refractivity contribution >= 4 is 29.0 Å². The predicted molar refractivity (Wildman–Crippen MR) is 104 cm³/mol. The van der Waals surface area contributed by atoms with Gasteiger partial charge in [-0.05, 0) is 60.2 Å². The van der Waals surface area contributed by atoms with Gasteiger partial charge in [0.25, 0.3) is 11.1 Å². The largest absolute Gasteiger partial charge is 0.504 e. The number of phenolic OH excluding ortho intramolecular Hbond substituents is 1. The first-order valence-electron chi connectivity index (χ1n) is 8.30. The Hall–Kier alpha value is -2.93. The van der Waals surface area contributed by atoms with E-state index in [1.807, 2.05) is 31.2 Å². The lowest BCUT2D eigenvalue weighted by Gasteiger charge is -2.13. The molecule has 140 valence electrons. The zero-order chi connectivity index (χ0) is 19.4. The highest BCUT2D eigenvalue weighted by molar-refractivity contribution is 8.18. The van der Waals surface area contributed by atoms with Crippen molar-refractivity contribution in [3.8, 4) is 17.2 Å². The first-order chi connectivity index (χ1) is 13.0. The minimum absolute atomic E-state index is 0.0305. The van der Waals surface area contributed by atoms with Gasteiger partial charge in [-0.3, -0.25) is 14.5 Å². The van der Waals surface area contributed by atoms with Crippen LogP contribution in [0.2, 0.25) is 0 Å². The smallest absolute Gasteiger partial charge is 0.293 e. The molecule has 1 fully saturated rings. The first-order valence-corrected chi connectivity index (χ1v) is 9.11. The number of thioether (sulfide) groups is 1. The van der Waals surface area contributed by atoms with Crippen LogP contribution in [-0.2, 0) is 4.79 Å². The number of rotatable bonds is 6. The summed E-state index contributed by atoms with van der Waals surface area (Å²) in [5, 5.41) is 9.50. The molecule has 0 aromatic heterocycles. The summed E-state index contributed by atoms with van der Waals surface area (Å²) in [6.45, 7) is 2.35. The summed E-state index contributed by atoms with van der Waals surface area (Å²) in [6, 6.07) is 12.4. The third kappa shape index (κ3) is 4.43. The fourth-order valence-electron chi connectivity index (χ4n) is 2.60. The fraction of sp³-hybridized carbons (Fsp3) is 0.200. The van der Waals surface area contributed by atoms with Crippen molar-refractivity contribution in [3.63, 3.8) is 0 Å². The van der Waals surface area contributed by atoms with Gasteiger partial charge in [0.15, 0.2) is 11.5 Å². The molecule has 6 nitrogen and oxygen atoms in total. The lowest BCUT2D eigenvalue weighted by atomic mass is 10.2.